The second kappa shape index (κ2) is 8.15. The van der Waals surface area contributed by atoms with Crippen LogP contribution in [0.25, 0.3) is 0 Å². The van der Waals surface area contributed by atoms with Crippen molar-refractivity contribution in [3.63, 3.8) is 0 Å². The molecule has 1 aromatic heterocycles. The lowest BCUT2D eigenvalue weighted by Gasteiger charge is -2.08. The molecule has 0 atom stereocenters. The molecular weight excluding hydrogens is 409 g/mol. The van der Waals surface area contributed by atoms with Crippen LogP contribution in [0.4, 0.5) is 0 Å². The van der Waals surface area contributed by atoms with Gasteiger partial charge in [0.25, 0.3) is 5.91 Å². The summed E-state index contributed by atoms with van der Waals surface area (Å²) in [7, 11) is 0. The molecule has 22 heavy (non-hydrogen) atoms. The Kier molecular flexibility index (Phi) is 6.50. The predicted octanol–water partition coefficient (Wildman–Crippen LogP) is 4.24. The second-order valence-electron chi connectivity index (χ2n) is 4.29. The summed E-state index contributed by atoms with van der Waals surface area (Å²) in [5, 5.41) is 4.55. The molecule has 4 nitrogen and oxygen atoms in total. The van der Waals surface area contributed by atoms with Gasteiger partial charge in [0.15, 0.2) is 5.16 Å². The van der Waals surface area contributed by atoms with Crippen molar-refractivity contribution in [3.8, 4) is 0 Å². The third-order valence-corrected chi connectivity index (χ3v) is 4.54. The van der Waals surface area contributed by atoms with Gasteiger partial charge in [0.1, 0.15) is 5.69 Å². The molecule has 8 heteroatoms. The third-order valence-electron chi connectivity index (χ3n) is 2.81. The summed E-state index contributed by atoms with van der Waals surface area (Å²) in [6.45, 7) is 0.450. The maximum Gasteiger partial charge on any atom is 0.271 e. The zero-order valence-corrected chi connectivity index (χ0v) is 15.5. The van der Waals surface area contributed by atoms with E-state index in [2.05, 4.69) is 31.2 Å². The van der Waals surface area contributed by atoms with Crippen molar-refractivity contribution in [2.75, 3.05) is 12.8 Å². The first-order valence-electron chi connectivity index (χ1n) is 6.30. The molecule has 2 rings (SSSR count). The van der Waals surface area contributed by atoms with Crippen LogP contribution in [0.2, 0.25) is 10.0 Å². The van der Waals surface area contributed by atoms with E-state index in [1.807, 2.05) is 12.3 Å². The summed E-state index contributed by atoms with van der Waals surface area (Å²) in [5.74, 6) is -0.255. The van der Waals surface area contributed by atoms with Crippen LogP contribution in [0.5, 0.6) is 0 Å². The Morgan fingerprint density at radius 3 is 2.86 bits per heavy atom. The fourth-order valence-electron chi connectivity index (χ4n) is 1.73. The molecule has 116 valence electrons. The Hall–Kier alpha value is -0.820. The molecule has 1 N–H and O–H groups in total. The van der Waals surface area contributed by atoms with Crippen molar-refractivity contribution in [1.82, 2.24) is 15.3 Å². The van der Waals surface area contributed by atoms with Gasteiger partial charge < -0.3 is 5.32 Å². The summed E-state index contributed by atoms with van der Waals surface area (Å²) in [6, 6.07) is 5.31. The van der Waals surface area contributed by atoms with Crippen LogP contribution in [0.15, 0.2) is 34.0 Å². The van der Waals surface area contributed by atoms with E-state index < -0.39 is 0 Å². The molecule has 0 radical (unpaired) electrons. The Morgan fingerprint density at radius 1 is 1.41 bits per heavy atom. The SMILES string of the molecule is CSc1ncc(Br)c(C(=O)NCCc2ccc(Cl)cc2Cl)n1. The average molecular weight is 421 g/mol. The lowest BCUT2D eigenvalue weighted by Crippen LogP contribution is -2.27. The number of nitrogens with one attached hydrogen (secondary N) is 1. The lowest BCUT2D eigenvalue weighted by atomic mass is 10.1. The number of rotatable bonds is 5. The molecule has 0 fully saturated rings. The van der Waals surface area contributed by atoms with Gasteiger partial charge in [-0.1, -0.05) is 41.0 Å². The molecule has 1 aromatic carbocycles. The number of aromatic nitrogens is 2. The van der Waals surface area contributed by atoms with Gasteiger partial charge in [0, 0.05) is 22.8 Å². The van der Waals surface area contributed by atoms with E-state index in [0.717, 1.165) is 5.56 Å². The van der Waals surface area contributed by atoms with E-state index in [9.17, 15) is 4.79 Å². The highest BCUT2D eigenvalue weighted by Gasteiger charge is 2.13. The quantitative estimate of drug-likeness (QED) is 0.580. The van der Waals surface area contributed by atoms with Gasteiger partial charge >= 0.3 is 0 Å². The van der Waals surface area contributed by atoms with Gasteiger partial charge in [-0.25, -0.2) is 9.97 Å². The fourth-order valence-corrected chi connectivity index (χ4v) is 2.94. The van der Waals surface area contributed by atoms with Gasteiger partial charge in [-0.05, 0) is 46.3 Å². The van der Waals surface area contributed by atoms with Crippen molar-refractivity contribution < 1.29 is 4.79 Å². The van der Waals surface area contributed by atoms with E-state index in [1.165, 1.54) is 11.8 Å². The van der Waals surface area contributed by atoms with Crippen LogP contribution in [0.1, 0.15) is 16.1 Å². The molecule has 0 aliphatic carbocycles. The highest BCUT2D eigenvalue weighted by molar-refractivity contribution is 9.10. The summed E-state index contributed by atoms with van der Waals surface area (Å²) < 4.78 is 0.562. The first-order valence-corrected chi connectivity index (χ1v) is 9.07. The van der Waals surface area contributed by atoms with Crippen LogP contribution < -0.4 is 5.32 Å². The van der Waals surface area contributed by atoms with Crippen molar-refractivity contribution in [2.24, 2.45) is 0 Å². The average Bonchev–Trinajstić information content (AvgIpc) is 2.49. The Balaban J connectivity index is 1.98. The number of hydrogen-bond donors (Lipinski definition) is 1. The number of benzene rings is 1. The zero-order valence-electron chi connectivity index (χ0n) is 11.6. The van der Waals surface area contributed by atoms with Crippen LogP contribution in [0, 0.1) is 0 Å². The fraction of sp³-hybridized carbons (Fsp3) is 0.214. The standard InChI is InChI=1S/C14H12BrCl2N3OS/c1-22-14-19-7-10(15)12(20-14)13(21)18-5-4-8-2-3-9(16)6-11(8)17/h2-3,6-7H,4-5H2,1H3,(H,18,21). The molecule has 0 saturated carbocycles. The summed E-state index contributed by atoms with van der Waals surface area (Å²) in [5.41, 5.74) is 1.25. The highest BCUT2D eigenvalue weighted by Crippen LogP contribution is 2.21. The molecule has 1 amide bonds. The van der Waals surface area contributed by atoms with Gasteiger partial charge in [-0.15, -0.1) is 0 Å². The minimum Gasteiger partial charge on any atom is -0.350 e. The summed E-state index contributed by atoms with van der Waals surface area (Å²) >= 11 is 16.6. The minimum atomic E-state index is -0.255. The smallest absolute Gasteiger partial charge is 0.271 e. The van der Waals surface area contributed by atoms with E-state index in [4.69, 9.17) is 23.2 Å². The molecule has 0 unspecified atom stereocenters. The number of carbonyl (C=O) groups is 1. The number of halogens is 3. The molecule has 2 aromatic rings. The summed E-state index contributed by atoms with van der Waals surface area (Å²) in [6.07, 6.45) is 4.04. The second-order valence-corrected chi connectivity index (χ2v) is 6.77. The van der Waals surface area contributed by atoms with Crippen LogP contribution in [-0.2, 0) is 6.42 Å². The minimum absolute atomic E-state index is 0.255. The zero-order chi connectivity index (χ0) is 16.1. The maximum atomic E-state index is 12.2. The summed E-state index contributed by atoms with van der Waals surface area (Å²) in [4.78, 5) is 20.4. The molecule has 0 aliphatic rings. The van der Waals surface area contributed by atoms with E-state index in [0.29, 0.717) is 38.3 Å². The first-order chi connectivity index (χ1) is 10.5. The van der Waals surface area contributed by atoms with Crippen LogP contribution in [0.3, 0.4) is 0 Å². The molecule has 0 aliphatic heterocycles. The van der Waals surface area contributed by atoms with Crippen molar-refractivity contribution in [1.29, 1.82) is 0 Å². The molecular formula is C14H12BrCl2N3OS. The van der Waals surface area contributed by atoms with Crippen LogP contribution >= 0.6 is 50.9 Å². The van der Waals surface area contributed by atoms with Crippen molar-refractivity contribution >= 4 is 56.8 Å². The number of nitrogens with zero attached hydrogens (tertiary/aromatic N) is 2. The van der Waals surface area contributed by atoms with Crippen LogP contribution in [-0.4, -0.2) is 28.7 Å². The van der Waals surface area contributed by atoms with Gasteiger partial charge in [-0.3, -0.25) is 4.79 Å². The van der Waals surface area contributed by atoms with E-state index >= 15 is 0 Å². The Labute approximate surface area is 151 Å². The lowest BCUT2D eigenvalue weighted by molar-refractivity contribution is 0.0947. The van der Waals surface area contributed by atoms with Crippen molar-refractivity contribution in [2.45, 2.75) is 11.6 Å². The van der Waals surface area contributed by atoms with Gasteiger partial charge in [-0.2, -0.15) is 0 Å². The predicted molar refractivity (Wildman–Crippen MR) is 94.0 cm³/mol. The van der Waals surface area contributed by atoms with Crippen molar-refractivity contribution in [3.05, 3.63) is 50.2 Å². The van der Waals surface area contributed by atoms with Gasteiger partial charge in [0.2, 0.25) is 0 Å². The number of amides is 1. The number of carbonyl (C=O) groups excluding carboxylic acids is 1. The van der Waals surface area contributed by atoms with E-state index in [1.54, 1.807) is 18.3 Å². The first kappa shape index (κ1) is 17.5. The molecule has 1 heterocycles. The highest BCUT2D eigenvalue weighted by atomic mass is 79.9. The topological polar surface area (TPSA) is 54.9 Å². The molecule has 0 saturated heterocycles. The Bertz CT molecular complexity index is 700. The third kappa shape index (κ3) is 4.59. The maximum absolute atomic E-state index is 12.2. The number of thioether (sulfide) groups is 1. The largest absolute Gasteiger partial charge is 0.350 e. The molecule has 0 spiro atoms. The normalized spacial score (nSPS) is 10.5. The van der Waals surface area contributed by atoms with Gasteiger partial charge in [0.05, 0.1) is 4.47 Å². The number of hydrogen-bond acceptors (Lipinski definition) is 4. The monoisotopic (exact) mass is 419 g/mol. The Morgan fingerprint density at radius 2 is 2.18 bits per heavy atom. The van der Waals surface area contributed by atoms with E-state index in [-0.39, 0.29) is 5.91 Å². The molecule has 0 bridgehead atoms.